The first kappa shape index (κ1) is 22.6. The Kier molecular flexibility index (Phi) is 6.21. The molecule has 10 nitrogen and oxygen atoms in total. The minimum atomic E-state index is -0.151. The third kappa shape index (κ3) is 4.80. The predicted molar refractivity (Wildman–Crippen MR) is 132 cm³/mol. The van der Waals surface area contributed by atoms with Crippen LogP contribution < -0.4 is 16.0 Å². The number of aromatic nitrogens is 4. The van der Waals surface area contributed by atoms with Crippen LogP contribution >= 0.6 is 11.3 Å². The van der Waals surface area contributed by atoms with Crippen LogP contribution in [0.2, 0.25) is 0 Å². The largest absolute Gasteiger partial charge is 0.353 e. The second-order valence-corrected chi connectivity index (χ2v) is 10.6. The van der Waals surface area contributed by atoms with Crippen molar-refractivity contribution in [2.75, 3.05) is 19.6 Å². The zero-order chi connectivity index (χ0) is 23.8. The van der Waals surface area contributed by atoms with E-state index < -0.39 is 0 Å². The third-order valence-electron chi connectivity index (χ3n) is 7.17. The molecule has 2 amide bonds. The Morgan fingerprint density at radius 3 is 2.80 bits per heavy atom. The van der Waals surface area contributed by atoms with Crippen molar-refractivity contribution in [2.45, 2.75) is 56.8 Å². The Morgan fingerprint density at radius 2 is 1.97 bits per heavy atom. The lowest BCUT2D eigenvalue weighted by Crippen LogP contribution is -2.60. The van der Waals surface area contributed by atoms with Crippen LogP contribution in [0.15, 0.2) is 30.0 Å². The van der Waals surface area contributed by atoms with E-state index in [1.54, 1.807) is 34.3 Å². The van der Waals surface area contributed by atoms with E-state index in [1.807, 2.05) is 16.5 Å². The number of hydrogen-bond donors (Lipinski definition) is 3. The summed E-state index contributed by atoms with van der Waals surface area (Å²) >= 11 is 1.56. The number of thiazole rings is 1. The van der Waals surface area contributed by atoms with Crippen molar-refractivity contribution >= 4 is 28.0 Å². The molecule has 3 N–H and O–H groups in total. The van der Waals surface area contributed by atoms with E-state index in [2.05, 4.69) is 31.0 Å². The molecule has 2 unspecified atom stereocenters. The highest BCUT2D eigenvalue weighted by molar-refractivity contribution is 7.16. The molecule has 2 saturated heterocycles. The highest BCUT2D eigenvalue weighted by Crippen LogP contribution is 2.30. The maximum absolute atomic E-state index is 13.7. The number of nitrogens with one attached hydrogen (secondary N) is 3. The summed E-state index contributed by atoms with van der Waals surface area (Å²) in [6.45, 7) is 2.51. The van der Waals surface area contributed by atoms with E-state index in [4.69, 9.17) is 0 Å². The van der Waals surface area contributed by atoms with Gasteiger partial charge in [-0.25, -0.2) is 14.5 Å². The summed E-state index contributed by atoms with van der Waals surface area (Å²) in [7, 11) is 0. The quantitative estimate of drug-likeness (QED) is 0.477. The van der Waals surface area contributed by atoms with Crippen molar-refractivity contribution in [2.24, 2.45) is 5.92 Å². The van der Waals surface area contributed by atoms with Gasteiger partial charge in [0, 0.05) is 48.7 Å². The lowest BCUT2D eigenvalue weighted by Gasteiger charge is -2.42. The second kappa shape index (κ2) is 9.63. The highest BCUT2D eigenvalue weighted by atomic mass is 32.1. The summed E-state index contributed by atoms with van der Waals surface area (Å²) in [4.78, 5) is 38.0. The van der Waals surface area contributed by atoms with Crippen molar-refractivity contribution in [3.05, 3.63) is 35.7 Å². The van der Waals surface area contributed by atoms with Crippen molar-refractivity contribution in [1.82, 2.24) is 40.4 Å². The molecule has 0 bridgehead atoms. The zero-order valence-electron chi connectivity index (χ0n) is 19.5. The molecule has 0 spiro atoms. The van der Waals surface area contributed by atoms with Gasteiger partial charge in [0.05, 0.1) is 17.9 Å². The smallest absolute Gasteiger partial charge is 0.273 e. The Labute approximate surface area is 207 Å². The number of amides is 2. The summed E-state index contributed by atoms with van der Waals surface area (Å²) in [6, 6.07) is 2.10. The van der Waals surface area contributed by atoms with Crippen LogP contribution in [0.3, 0.4) is 0 Å². The predicted octanol–water partition coefficient (Wildman–Crippen LogP) is 1.65. The van der Waals surface area contributed by atoms with Gasteiger partial charge in [0.2, 0.25) is 5.91 Å². The molecule has 184 valence electrons. The second-order valence-electron chi connectivity index (χ2n) is 9.69. The Balaban J connectivity index is 1.22. The number of carbonyl (C=O) groups is 2. The minimum Gasteiger partial charge on any atom is -0.353 e. The van der Waals surface area contributed by atoms with E-state index in [0.29, 0.717) is 30.5 Å². The maximum Gasteiger partial charge on any atom is 0.273 e. The van der Waals surface area contributed by atoms with Crippen LogP contribution in [-0.4, -0.2) is 74.2 Å². The molecule has 35 heavy (non-hydrogen) atoms. The average molecular weight is 495 g/mol. The van der Waals surface area contributed by atoms with Crippen LogP contribution in [0, 0.1) is 5.92 Å². The van der Waals surface area contributed by atoms with Crippen molar-refractivity contribution in [3.8, 4) is 11.4 Å². The first-order valence-electron chi connectivity index (χ1n) is 12.5. The lowest BCUT2D eigenvalue weighted by atomic mass is 9.98. The molecule has 1 saturated carbocycles. The van der Waals surface area contributed by atoms with Crippen LogP contribution in [0.5, 0.6) is 0 Å². The van der Waals surface area contributed by atoms with Gasteiger partial charge in [0.25, 0.3) is 5.91 Å². The van der Waals surface area contributed by atoms with Crippen molar-refractivity contribution in [1.29, 1.82) is 0 Å². The first-order valence-corrected chi connectivity index (χ1v) is 13.4. The number of fused-ring (bicyclic) bond motifs is 1. The van der Waals surface area contributed by atoms with Gasteiger partial charge in [0.1, 0.15) is 10.5 Å². The summed E-state index contributed by atoms with van der Waals surface area (Å²) < 4.78 is 1.79. The molecule has 11 heteroatoms. The molecule has 2 aliphatic heterocycles. The SMILES string of the molecule is O=C(NC1CCN(C(=O)c2ccnc(-c3cnn4ccsc34)n2)C(NC2CCNCC2)C1)C1CC1. The summed E-state index contributed by atoms with van der Waals surface area (Å²) in [5, 5.41) is 16.7. The van der Waals surface area contributed by atoms with Gasteiger partial charge >= 0.3 is 0 Å². The maximum atomic E-state index is 13.7. The number of nitrogens with zero attached hydrogens (tertiary/aromatic N) is 5. The van der Waals surface area contributed by atoms with Gasteiger partial charge < -0.3 is 15.5 Å². The van der Waals surface area contributed by atoms with Crippen LogP contribution in [0.1, 0.15) is 49.0 Å². The van der Waals surface area contributed by atoms with E-state index in [0.717, 1.165) is 55.6 Å². The van der Waals surface area contributed by atoms with Crippen LogP contribution in [-0.2, 0) is 4.79 Å². The van der Waals surface area contributed by atoms with Gasteiger partial charge in [-0.05, 0) is 51.3 Å². The fraction of sp³-hybridized carbons (Fsp3) is 0.542. The molecule has 2 atom stereocenters. The molecule has 6 rings (SSSR count). The fourth-order valence-corrected chi connectivity index (χ4v) is 5.85. The fourth-order valence-electron chi connectivity index (χ4n) is 5.06. The summed E-state index contributed by atoms with van der Waals surface area (Å²) in [5.74, 6) is 0.741. The number of likely N-dealkylation sites (tertiary alicyclic amines) is 1. The molecule has 3 aromatic rings. The van der Waals surface area contributed by atoms with E-state index >= 15 is 0 Å². The van der Waals surface area contributed by atoms with Gasteiger partial charge in [-0.1, -0.05) is 0 Å². The number of rotatable bonds is 6. The molecule has 0 aromatic carbocycles. The van der Waals surface area contributed by atoms with Crippen LogP contribution in [0.4, 0.5) is 0 Å². The van der Waals surface area contributed by atoms with Gasteiger partial charge in [-0.3, -0.25) is 14.9 Å². The topological polar surface area (TPSA) is 117 Å². The Hall–Kier alpha value is -2.89. The highest BCUT2D eigenvalue weighted by Gasteiger charge is 2.37. The standard InChI is InChI=1S/C24H30N8O2S/c33-22(15-1-2-15)29-17-6-10-31(20(13-17)28-16-3-7-25-8-4-16)23(34)19-5-9-26-21(30-19)18-14-27-32-11-12-35-24(18)32/h5,9,11-12,14-17,20,25,28H,1-4,6-8,10,13H2,(H,29,33). The lowest BCUT2D eigenvalue weighted by molar-refractivity contribution is -0.123. The van der Waals surface area contributed by atoms with E-state index in [-0.39, 0.29) is 29.9 Å². The molecule has 3 aromatic heterocycles. The van der Waals surface area contributed by atoms with Crippen LogP contribution in [0.25, 0.3) is 16.2 Å². The number of hydrogen-bond acceptors (Lipinski definition) is 8. The van der Waals surface area contributed by atoms with Gasteiger partial charge in [-0.2, -0.15) is 5.10 Å². The van der Waals surface area contributed by atoms with Crippen molar-refractivity contribution in [3.63, 3.8) is 0 Å². The van der Waals surface area contributed by atoms with Gasteiger partial charge in [-0.15, -0.1) is 11.3 Å². The molecular weight excluding hydrogens is 464 g/mol. The van der Waals surface area contributed by atoms with Crippen molar-refractivity contribution < 1.29 is 9.59 Å². The van der Waals surface area contributed by atoms with E-state index in [9.17, 15) is 9.59 Å². The average Bonchev–Trinajstić information content (AvgIpc) is 3.51. The monoisotopic (exact) mass is 494 g/mol. The first-order chi connectivity index (χ1) is 17.2. The molecule has 1 aliphatic carbocycles. The number of carbonyl (C=O) groups excluding carboxylic acids is 2. The molecule has 0 radical (unpaired) electrons. The normalized spacial score (nSPS) is 23.5. The minimum absolute atomic E-state index is 0.0758. The molecular formula is C24H30N8O2S. The summed E-state index contributed by atoms with van der Waals surface area (Å²) in [6.07, 6.45) is 10.6. The molecule has 5 heterocycles. The number of piperidine rings is 2. The zero-order valence-corrected chi connectivity index (χ0v) is 20.3. The van der Waals surface area contributed by atoms with E-state index in [1.165, 1.54) is 0 Å². The summed E-state index contributed by atoms with van der Waals surface area (Å²) in [5.41, 5.74) is 1.20. The third-order valence-corrected chi connectivity index (χ3v) is 8.06. The molecule has 3 fully saturated rings. The molecule has 3 aliphatic rings. The Bertz CT molecular complexity index is 1220. The Morgan fingerprint density at radius 1 is 1.11 bits per heavy atom. The van der Waals surface area contributed by atoms with Gasteiger partial charge in [0.15, 0.2) is 5.82 Å².